The highest BCUT2D eigenvalue weighted by molar-refractivity contribution is 5.91. The SMILES string of the molecule is CC(C)CCNc1ccc(NC(=O)Cc2ccccc2F)nc1. The molecule has 2 rings (SSSR count). The van der Waals surface area contributed by atoms with Gasteiger partial charge in [-0.05, 0) is 36.1 Å². The maximum absolute atomic E-state index is 13.5. The van der Waals surface area contributed by atoms with Crippen LogP contribution in [0.15, 0.2) is 42.6 Å². The Morgan fingerprint density at radius 1 is 1.22 bits per heavy atom. The summed E-state index contributed by atoms with van der Waals surface area (Å²) in [4.78, 5) is 16.1. The van der Waals surface area contributed by atoms with E-state index in [2.05, 4.69) is 29.5 Å². The molecule has 0 saturated heterocycles. The number of carbonyl (C=O) groups excluding carboxylic acids is 1. The third kappa shape index (κ3) is 5.70. The fourth-order valence-electron chi connectivity index (χ4n) is 2.08. The minimum absolute atomic E-state index is 0.0112. The maximum atomic E-state index is 13.5. The van der Waals surface area contributed by atoms with E-state index in [1.54, 1.807) is 30.5 Å². The number of hydrogen-bond acceptors (Lipinski definition) is 3. The molecule has 0 radical (unpaired) electrons. The quantitative estimate of drug-likeness (QED) is 0.816. The van der Waals surface area contributed by atoms with Crippen LogP contribution in [0, 0.1) is 11.7 Å². The van der Waals surface area contributed by atoms with E-state index in [0.29, 0.717) is 17.3 Å². The number of rotatable bonds is 7. The summed E-state index contributed by atoms with van der Waals surface area (Å²) in [6.07, 6.45) is 2.75. The summed E-state index contributed by atoms with van der Waals surface area (Å²) in [5, 5.41) is 5.95. The first kappa shape index (κ1) is 16.9. The van der Waals surface area contributed by atoms with E-state index in [1.807, 2.05) is 6.07 Å². The number of halogens is 1. The minimum Gasteiger partial charge on any atom is -0.384 e. The van der Waals surface area contributed by atoms with Gasteiger partial charge in [-0.15, -0.1) is 0 Å². The molecule has 0 atom stereocenters. The predicted octanol–water partition coefficient (Wildman–Crippen LogP) is 3.86. The number of carbonyl (C=O) groups is 1. The molecule has 2 N–H and O–H groups in total. The summed E-state index contributed by atoms with van der Waals surface area (Å²) < 4.78 is 13.5. The first-order chi connectivity index (χ1) is 11.0. The molecule has 1 aromatic heterocycles. The van der Waals surface area contributed by atoms with Crippen molar-refractivity contribution in [1.82, 2.24) is 4.98 Å². The van der Waals surface area contributed by atoms with Crippen LogP contribution in [0.5, 0.6) is 0 Å². The van der Waals surface area contributed by atoms with Gasteiger partial charge in [-0.3, -0.25) is 4.79 Å². The van der Waals surface area contributed by atoms with Crippen LogP contribution >= 0.6 is 0 Å². The number of hydrogen-bond donors (Lipinski definition) is 2. The van der Waals surface area contributed by atoms with Crippen LogP contribution in [0.2, 0.25) is 0 Å². The molecule has 1 heterocycles. The van der Waals surface area contributed by atoms with Gasteiger partial charge in [-0.25, -0.2) is 9.37 Å². The zero-order valence-electron chi connectivity index (χ0n) is 13.5. The molecule has 0 fully saturated rings. The van der Waals surface area contributed by atoms with Crippen molar-refractivity contribution in [2.24, 2.45) is 5.92 Å². The number of anilines is 2. The first-order valence-electron chi connectivity index (χ1n) is 7.78. The van der Waals surface area contributed by atoms with E-state index in [0.717, 1.165) is 18.7 Å². The van der Waals surface area contributed by atoms with Crippen molar-refractivity contribution in [1.29, 1.82) is 0 Å². The summed E-state index contributed by atoms with van der Waals surface area (Å²) in [5.74, 6) is 0.441. The highest BCUT2D eigenvalue weighted by Crippen LogP contribution is 2.12. The summed E-state index contributed by atoms with van der Waals surface area (Å²) >= 11 is 0. The summed E-state index contributed by atoms with van der Waals surface area (Å²) in [5.41, 5.74) is 1.29. The second kappa shape index (κ2) is 8.27. The van der Waals surface area contributed by atoms with Crippen LogP contribution in [0.25, 0.3) is 0 Å². The molecule has 1 aromatic carbocycles. The van der Waals surface area contributed by atoms with Gasteiger partial charge < -0.3 is 10.6 Å². The van der Waals surface area contributed by atoms with Crippen LogP contribution in [0.4, 0.5) is 15.9 Å². The average Bonchev–Trinajstić information content (AvgIpc) is 2.51. The van der Waals surface area contributed by atoms with Crippen molar-refractivity contribution in [2.45, 2.75) is 26.7 Å². The number of nitrogens with zero attached hydrogens (tertiary/aromatic N) is 1. The van der Waals surface area contributed by atoms with Crippen molar-refractivity contribution in [3.8, 4) is 0 Å². The van der Waals surface area contributed by atoms with Gasteiger partial charge in [0.05, 0.1) is 18.3 Å². The molecule has 0 unspecified atom stereocenters. The number of nitrogens with one attached hydrogen (secondary N) is 2. The molecule has 1 amide bonds. The maximum Gasteiger partial charge on any atom is 0.230 e. The normalized spacial score (nSPS) is 10.6. The van der Waals surface area contributed by atoms with Gasteiger partial charge in [-0.2, -0.15) is 0 Å². The Labute approximate surface area is 136 Å². The van der Waals surface area contributed by atoms with E-state index in [-0.39, 0.29) is 18.1 Å². The molecule has 0 saturated carbocycles. The average molecular weight is 315 g/mol. The number of pyridine rings is 1. The Hall–Kier alpha value is -2.43. The van der Waals surface area contributed by atoms with Crippen molar-refractivity contribution in [3.05, 3.63) is 54.0 Å². The molecule has 122 valence electrons. The van der Waals surface area contributed by atoms with Crippen molar-refractivity contribution in [2.75, 3.05) is 17.2 Å². The van der Waals surface area contributed by atoms with Gasteiger partial charge in [0.2, 0.25) is 5.91 Å². The standard InChI is InChI=1S/C18H22FN3O/c1-13(2)9-10-20-15-7-8-17(21-12-15)22-18(23)11-14-5-3-4-6-16(14)19/h3-8,12-13,20H,9-11H2,1-2H3,(H,21,22,23). The third-order valence-electron chi connectivity index (χ3n) is 3.39. The molecule has 0 aliphatic heterocycles. The van der Waals surface area contributed by atoms with Gasteiger partial charge in [0.15, 0.2) is 0 Å². The van der Waals surface area contributed by atoms with Crippen LogP contribution in [0.3, 0.4) is 0 Å². The van der Waals surface area contributed by atoms with Crippen molar-refractivity contribution >= 4 is 17.4 Å². The largest absolute Gasteiger partial charge is 0.384 e. The van der Waals surface area contributed by atoms with E-state index in [9.17, 15) is 9.18 Å². The molecule has 2 aromatic rings. The van der Waals surface area contributed by atoms with Gasteiger partial charge in [0.25, 0.3) is 0 Å². The fraction of sp³-hybridized carbons (Fsp3) is 0.333. The Balaban J connectivity index is 1.85. The third-order valence-corrected chi connectivity index (χ3v) is 3.39. The Bertz CT molecular complexity index is 641. The first-order valence-corrected chi connectivity index (χ1v) is 7.78. The second-order valence-corrected chi connectivity index (χ2v) is 5.86. The van der Waals surface area contributed by atoms with E-state index in [1.165, 1.54) is 6.07 Å². The van der Waals surface area contributed by atoms with E-state index >= 15 is 0 Å². The monoisotopic (exact) mass is 315 g/mol. The summed E-state index contributed by atoms with van der Waals surface area (Å²) in [6.45, 7) is 5.24. The van der Waals surface area contributed by atoms with E-state index < -0.39 is 0 Å². The molecule has 0 aliphatic rings. The van der Waals surface area contributed by atoms with Gasteiger partial charge >= 0.3 is 0 Å². The van der Waals surface area contributed by atoms with Crippen LogP contribution < -0.4 is 10.6 Å². The number of aromatic nitrogens is 1. The fourth-order valence-corrected chi connectivity index (χ4v) is 2.08. The van der Waals surface area contributed by atoms with Gasteiger partial charge in [0, 0.05) is 6.54 Å². The number of amides is 1. The Morgan fingerprint density at radius 2 is 2.00 bits per heavy atom. The Kier molecular flexibility index (Phi) is 6.09. The molecule has 4 nitrogen and oxygen atoms in total. The molecule has 23 heavy (non-hydrogen) atoms. The van der Waals surface area contributed by atoms with Crippen molar-refractivity contribution < 1.29 is 9.18 Å². The molecule has 0 aliphatic carbocycles. The summed E-state index contributed by atoms with van der Waals surface area (Å²) in [7, 11) is 0. The molecular weight excluding hydrogens is 293 g/mol. The van der Waals surface area contributed by atoms with Crippen LogP contribution in [0.1, 0.15) is 25.8 Å². The minimum atomic E-state index is -0.375. The number of benzene rings is 1. The topological polar surface area (TPSA) is 54.0 Å². The lowest BCUT2D eigenvalue weighted by atomic mass is 10.1. The molecule has 0 bridgehead atoms. The lowest BCUT2D eigenvalue weighted by Gasteiger charge is -2.09. The molecular formula is C18H22FN3O. The van der Waals surface area contributed by atoms with Gasteiger partial charge in [0.1, 0.15) is 11.6 Å². The summed E-state index contributed by atoms with van der Waals surface area (Å²) in [6, 6.07) is 9.86. The zero-order chi connectivity index (χ0) is 16.7. The lowest BCUT2D eigenvalue weighted by molar-refractivity contribution is -0.115. The van der Waals surface area contributed by atoms with Crippen LogP contribution in [-0.4, -0.2) is 17.4 Å². The van der Waals surface area contributed by atoms with Crippen molar-refractivity contribution in [3.63, 3.8) is 0 Å². The lowest BCUT2D eigenvalue weighted by Crippen LogP contribution is -2.16. The highest BCUT2D eigenvalue weighted by atomic mass is 19.1. The van der Waals surface area contributed by atoms with Gasteiger partial charge in [-0.1, -0.05) is 32.0 Å². The predicted molar refractivity (Wildman–Crippen MR) is 90.9 cm³/mol. The molecule has 5 heteroatoms. The zero-order valence-corrected chi connectivity index (χ0v) is 13.5. The Morgan fingerprint density at radius 3 is 2.65 bits per heavy atom. The molecule has 0 spiro atoms. The van der Waals surface area contributed by atoms with Crippen LogP contribution in [-0.2, 0) is 11.2 Å². The highest BCUT2D eigenvalue weighted by Gasteiger charge is 2.08. The van der Waals surface area contributed by atoms with E-state index in [4.69, 9.17) is 0 Å². The second-order valence-electron chi connectivity index (χ2n) is 5.86. The smallest absolute Gasteiger partial charge is 0.230 e.